The Morgan fingerprint density at radius 2 is 1.61 bits per heavy atom. The number of piperidine rings is 1. The number of rotatable bonds is 4. The quantitative estimate of drug-likeness (QED) is 0.803. The molecule has 2 aliphatic rings. The fourth-order valence-corrected chi connectivity index (χ4v) is 4.23. The molecule has 0 atom stereocenters. The first kappa shape index (κ1) is 20.4. The fraction of sp³-hybridized carbons (Fsp3) is 0.667. The van der Waals surface area contributed by atoms with Crippen LogP contribution in [0.5, 0.6) is 0 Å². The highest BCUT2D eigenvalue weighted by Crippen LogP contribution is 2.25. The van der Waals surface area contributed by atoms with Gasteiger partial charge >= 0.3 is 5.97 Å². The van der Waals surface area contributed by atoms with Crippen LogP contribution < -0.4 is 0 Å². The number of ether oxygens (including phenoxy) is 1. The van der Waals surface area contributed by atoms with E-state index in [2.05, 4.69) is 4.98 Å². The Balaban J connectivity index is 1.65. The van der Waals surface area contributed by atoms with Crippen molar-refractivity contribution in [3.8, 4) is 0 Å². The van der Waals surface area contributed by atoms with Crippen LogP contribution in [0.25, 0.3) is 0 Å². The maximum atomic E-state index is 13.0. The van der Waals surface area contributed by atoms with Crippen molar-refractivity contribution >= 4 is 17.8 Å². The number of nitrogens with one attached hydrogen (secondary N) is 1. The average molecular weight is 389 g/mol. The molecule has 2 aliphatic heterocycles. The summed E-state index contributed by atoms with van der Waals surface area (Å²) in [6.07, 6.45) is 3.36. The highest BCUT2D eigenvalue weighted by atomic mass is 16.5. The largest absolute Gasteiger partial charge is 0.459 e. The number of carbonyl (C=O) groups is 3. The molecular weight excluding hydrogens is 358 g/mol. The topological polar surface area (TPSA) is 82.7 Å². The maximum Gasteiger partial charge on any atom is 0.340 e. The summed E-state index contributed by atoms with van der Waals surface area (Å²) in [4.78, 5) is 44.8. The molecule has 0 saturated carbocycles. The number of nitrogens with zero attached hydrogens (tertiary/aromatic N) is 2. The van der Waals surface area contributed by atoms with Gasteiger partial charge in [0.1, 0.15) is 5.69 Å². The van der Waals surface area contributed by atoms with Gasteiger partial charge in [0.2, 0.25) is 5.91 Å². The van der Waals surface area contributed by atoms with Gasteiger partial charge in [-0.05, 0) is 58.9 Å². The van der Waals surface area contributed by atoms with E-state index in [-0.39, 0.29) is 23.8 Å². The highest BCUT2D eigenvalue weighted by Gasteiger charge is 2.33. The van der Waals surface area contributed by atoms with E-state index in [1.54, 1.807) is 32.6 Å². The molecule has 154 valence electrons. The highest BCUT2D eigenvalue weighted by molar-refractivity contribution is 6.00. The predicted octanol–water partition coefficient (Wildman–Crippen LogP) is 2.67. The van der Waals surface area contributed by atoms with E-state index in [9.17, 15) is 14.4 Å². The van der Waals surface area contributed by atoms with Gasteiger partial charge in [0.05, 0.1) is 11.7 Å². The van der Waals surface area contributed by atoms with Crippen molar-refractivity contribution in [1.82, 2.24) is 14.8 Å². The third-order valence-corrected chi connectivity index (χ3v) is 5.75. The van der Waals surface area contributed by atoms with Crippen molar-refractivity contribution in [2.45, 2.75) is 59.5 Å². The Morgan fingerprint density at radius 3 is 2.18 bits per heavy atom. The number of esters is 1. The van der Waals surface area contributed by atoms with E-state index in [0.717, 1.165) is 25.9 Å². The number of carbonyl (C=O) groups excluding carboxylic acids is 3. The van der Waals surface area contributed by atoms with Crippen LogP contribution in [-0.4, -0.2) is 64.9 Å². The van der Waals surface area contributed by atoms with Gasteiger partial charge in [-0.3, -0.25) is 9.59 Å². The summed E-state index contributed by atoms with van der Waals surface area (Å²) in [6.45, 7) is 10.0. The summed E-state index contributed by atoms with van der Waals surface area (Å²) in [5, 5.41) is 0. The normalized spacial score (nSPS) is 18.0. The SMILES string of the molecule is Cc1[nH]c(C(=O)N2CCC(C(=O)N3CCCC3)CC2)c(C)c1C(=O)OC(C)C. The molecule has 0 aliphatic carbocycles. The molecule has 0 unspecified atom stereocenters. The Bertz CT molecular complexity index is 754. The van der Waals surface area contributed by atoms with Crippen molar-refractivity contribution in [2.75, 3.05) is 26.2 Å². The molecule has 2 saturated heterocycles. The van der Waals surface area contributed by atoms with Gasteiger partial charge in [0, 0.05) is 37.8 Å². The molecule has 2 amide bonds. The van der Waals surface area contributed by atoms with Crippen LogP contribution in [0.15, 0.2) is 0 Å². The number of hydrogen-bond acceptors (Lipinski definition) is 4. The number of H-pyrrole nitrogens is 1. The standard InChI is InChI=1S/C21H31N3O4/c1-13(2)28-21(27)17-14(3)18(22-15(17)4)20(26)24-11-7-16(8-12-24)19(25)23-9-5-6-10-23/h13,16,22H,5-12H2,1-4H3. The molecule has 0 aromatic carbocycles. The van der Waals surface area contributed by atoms with Crippen molar-refractivity contribution < 1.29 is 19.1 Å². The Kier molecular flexibility index (Phi) is 6.10. The van der Waals surface area contributed by atoms with Gasteiger partial charge in [0.15, 0.2) is 0 Å². The first-order valence-electron chi connectivity index (χ1n) is 10.3. The van der Waals surface area contributed by atoms with Crippen LogP contribution in [0.3, 0.4) is 0 Å². The molecule has 2 fully saturated rings. The lowest BCUT2D eigenvalue weighted by Crippen LogP contribution is -2.44. The number of likely N-dealkylation sites (tertiary alicyclic amines) is 2. The summed E-state index contributed by atoms with van der Waals surface area (Å²) in [5.41, 5.74) is 2.16. The third kappa shape index (κ3) is 4.08. The molecule has 28 heavy (non-hydrogen) atoms. The second-order valence-electron chi connectivity index (χ2n) is 8.18. The van der Waals surface area contributed by atoms with Gasteiger partial charge < -0.3 is 19.5 Å². The Hall–Kier alpha value is -2.31. The summed E-state index contributed by atoms with van der Waals surface area (Å²) in [5.74, 6) is -0.257. The number of aromatic amines is 1. The number of hydrogen-bond donors (Lipinski definition) is 1. The van der Waals surface area contributed by atoms with E-state index < -0.39 is 5.97 Å². The average Bonchev–Trinajstić information content (AvgIpc) is 3.28. The summed E-state index contributed by atoms with van der Waals surface area (Å²) < 4.78 is 5.30. The molecule has 3 heterocycles. The minimum atomic E-state index is -0.407. The van der Waals surface area contributed by atoms with Crippen LogP contribution in [-0.2, 0) is 9.53 Å². The van der Waals surface area contributed by atoms with Crippen molar-refractivity contribution in [2.24, 2.45) is 5.92 Å². The minimum absolute atomic E-state index is 0.0187. The van der Waals surface area contributed by atoms with Crippen LogP contribution in [0, 0.1) is 19.8 Å². The fourth-order valence-electron chi connectivity index (χ4n) is 4.23. The smallest absolute Gasteiger partial charge is 0.340 e. The second kappa shape index (κ2) is 8.37. The van der Waals surface area contributed by atoms with Gasteiger partial charge in [0.25, 0.3) is 5.91 Å². The van der Waals surface area contributed by atoms with Gasteiger partial charge in [-0.2, -0.15) is 0 Å². The molecule has 1 N–H and O–H groups in total. The van der Waals surface area contributed by atoms with E-state index in [4.69, 9.17) is 4.74 Å². The zero-order valence-electron chi connectivity index (χ0n) is 17.3. The molecular formula is C21H31N3O4. The molecule has 0 spiro atoms. The van der Waals surface area contributed by atoms with Crippen molar-refractivity contribution in [1.29, 1.82) is 0 Å². The lowest BCUT2D eigenvalue weighted by Gasteiger charge is -2.33. The van der Waals surface area contributed by atoms with E-state index in [1.165, 1.54) is 0 Å². The lowest BCUT2D eigenvalue weighted by atomic mass is 9.95. The Labute approximate surface area is 166 Å². The first-order valence-corrected chi connectivity index (χ1v) is 10.3. The number of aromatic nitrogens is 1. The van der Waals surface area contributed by atoms with E-state index >= 15 is 0 Å². The molecule has 7 nitrogen and oxygen atoms in total. The van der Waals surface area contributed by atoms with E-state index in [1.807, 2.05) is 4.90 Å². The second-order valence-corrected chi connectivity index (χ2v) is 8.18. The van der Waals surface area contributed by atoms with E-state index in [0.29, 0.717) is 48.4 Å². The maximum absolute atomic E-state index is 13.0. The summed E-state index contributed by atoms with van der Waals surface area (Å²) >= 11 is 0. The van der Waals surface area contributed by atoms with Crippen LogP contribution in [0.4, 0.5) is 0 Å². The van der Waals surface area contributed by atoms with Gasteiger partial charge in [-0.1, -0.05) is 0 Å². The predicted molar refractivity (Wildman–Crippen MR) is 105 cm³/mol. The van der Waals surface area contributed by atoms with Crippen LogP contribution >= 0.6 is 0 Å². The molecule has 0 radical (unpaired) electrons. The van der Waals surface area contributed by atoms with Crippen molar-refractivity contribution in [3.05, 3.63) is 22.5 Å². The third-order valence-electron chi connectivity index (χ3n) is 5.75. The zero-order valence-corrected chi connectivity index (χ0v) is 17.3. The monoisotopic (exact) mass is 389 g/mol. The number of amides is 2. The summed E-state index contributed by atoms with van der Waals surface area (Å²) in [7, 11) is 0. The van der Waals surface area contributed by atoms with Gasteiger partial charge in [-0.25, -0.2) is 4.79 Å². The lowest BCUT2D eigenvalue weighted by molar-refractivity contribution is -0.135. The Morgan fingerprint density at radius 1 is 1.00 bits per heavy atom. The molecule has 0 bridgehead atoms. The van der Waals surface area contributed by atoms with Crippen LogP contribution in [0.1, 0.15) is 71.6 Å². The summed E-state index contributed by atoms with van der Waals surface area (Å²) in [6, 6.07) is 0. The molecule has 7 heteroatoms. The zero-order chi connectivity index (χ0) is 20.4. The van der Waals surface area contributed by atoms with Gasteiger partial charge in [-0.15, -0.1) is 0 Å². The van der Waals surface area contributed by atoms with Crippen molar-refractivity contribution in [3.63, 3.8) is 0 Å². The molecule has 1 aromatic rings. The first-order chi connectivity index (χ1) is 13.3. The molecule has 3 rings (SSSR count). The molecule has 1 aromatic heterocycles. The van der Waals surface area contributed by atoms with Crippen LogP contribution in [0.2, 0.25) is 0 Å². The number of aryl methyl sites for hydroxylation is 1. The minimum Gasteiger partial charge on any atom is -0.459 e.